The van der Waals surface area contributed by atoms with Crippen LogP contribution in [0.3, 0.4) is 0 Å². The van der Waals surface area contributed by atoms with Gasteiger partial charge in [-0.1, -0.05) is 48.0 Å². The summed E-state index contributed by atoms with van der Waals surface area (Å²) in [6.07, 6.45) is 1.35. The molecule has 0 aliphatic rings. The molecule has 0 radical (unpaired) electrons. The Morgan fingerprint density at radius 1 is 1.03 bits per heavy atom. The number of ether oxygens (including phenoxy) is 2. The number of sulfonamides is 1. The van der Waals surface area contributed by atoms with Crippen molar-refractivity contribution in [1.29, 1.82) is 0 Å². The van der Waals surface area contributed by atoms with Gasteiger partial charge in [0.2, 0.25) is 15.9 Å². The van der Waals surface area contributed by atoms with Crippen LogP contribution in [0.4, 0.5) is 0 Å². The number of carbonyl (C=O) groups is 1. The van der Waals surface area contributed by atoms with Gasteiger partial charge in [-0.15, -0.1) is 0 Å². The molecule has 3 rings (SSSR count). The van der Waals surface area contributed by atoms with E-state index in [2.05, 4.69) is 37.8 Å². The van der Waals surface area contributed by atoms with Crippen molar-refractivity contribution in [2.45, 2.75) is 24.3 Å². The second kappa shape index (κ2) is 12.1. The van der Waals surface area contributed by atoms with Crippen LogP contribution in [-0.2, 0) is 14.8 Å². The minimum Gasteiger partial charge on any atom is -0.493 e. The highest BCUT2D eigenvalue weighted by Gasteiger charge is 2.23. The molecule has 184 valence electrons. The van der Waals surface area contributed by atoms with Crippen LogP contribution in [0.1, 0.15) is 29.2 Å². The first-order valence-corrected chi connectivity index (χ1v) is 13.2. The minimum absolute atomic E-state index is 0.130. The maximum absolute atomic E-state index is 13.0. The van der Waals surface area contributed by atoms with Gasteiger partial charge in [-0.05, 0) is 59.3 Å². The molecule has 0 unspecified atom stereocenters. The fourth-order valence-electron chi connectivity index (χ4n) is 3.26. The number of rotatable bonds is 10. The van der Waals surface area contributed by atoms with Crippen molar-refractivity contribution in [3.05, 3.63) is 87.0 Å². The summed E-state index contributed by atoms with van der Waals surface area (Å²) in [6.45, 7) is 1.88. The lowest BCUT2D eigenvalue weighted by molar-refractivity contribution is -0.121. The summed E-state index contributed by atoms with van der Waals surface area (Å²) >= 11 is 2.13. The second-order valence-electron chi connectivity index (χ2n) is 7.62. The number of methoxy groups -OCH3 is 2. The van der Waals surface area contributed by atoms with E-state index in [4.69, 9.17) is 9.47 Å². The van der Waals surface area contributed by atoms with Gasteiger partial charge in [0.05, 0.1) is 31.4 Å². The van der Waals surface area contributed by atoms with Gasteiger partial charge in [0.15, 0.2) is 11.5 Å². The normalized spacial score (nSPS) is 12.3. The highest BCUT2D eigenvalue weighted by molar-refractivity contribution is 14.1. The second-order valence-corrected chi connectivity index (χ2v) is 10.5. The minimum atomic E-state index is -3.85. The Hall–Kier alpha value is -2.96. The molecule has 1 atom stereocenters. The smallest absolute Gasteiger partial charge is 0.242 e. The Morgan fingerprint density at radius 3 is 2.29 bits per heavy atom. The zero-order chi connectivity index (χ0) is 25.4. The third-order valence-corrected chi connectivity index (χ3v) is 7.54. The summed E-state index contributed by atoms with van der Waals surface area (Å²) in [7, 11) is -0.758. The van der Waals surface area contributed by atoms with Crippen molar-refractivity contribution < 1.29 is 22.7 Å². The first kappa shape index (κ1) is 26.6. The Labute approximate surface area is 218 Å². The lowest BCUT2D eigenvalue weighted by atomic mass is 10.0. The Kier molecular flexibility index (Phi) is 9.24. The van der Waals surface area contributed by atoms with Gasteiger partial charge in [-0.25, -0.2) is 18.6 Å². The molecule has 0 spiro atoms. The van der Waals surface area contributed by atoms with Crippen molar-refractivity contribution in [2.75, 3.05) is 14.2 Å². The molecule has 8 nitrogen and oxygen atoms in total. The van der Waals surface area contributed by atoms with Crippen LogP contribution >= 0.6 is 22.6 Å². The molecule has 0 aliphatic carbocycles. The molecule has 3 aromatic carbocycles. The van der Waals surface area contributed by atoms with Gasteiger partial charge >= 0.3 is 0 Å². The Balaban J connectivity index is 1.75. The van der Waals surface area contributed by atoms with E-state index in [-0.39, 0.29) is 11.3 Å². The maximum atomic E-state index is 13.0. The van der Waals surface area contributed by atoms with Crippen molar-refractivity contribution in [3.63, 3.8) is 0 Å². The van der Waals surface area contributed by atoms with E-state index in [0.29, 0.717) is 17.1 Å². The molecule has 0 heterocycles. The van der Waals surface area contributed by atoms with E-state index < -0.39 is 22.0 Å². The van der Waals surface area contributed by atoms with Crippen molar-refractivity contribution in [1.82, 2.24) is 10.1 Å². The van der Waals surface area contributed by atoms with Crippen LogP contribution in [0.5, 0.6) is 11.5 Å². The van der Waals surface area contributed by atoms with Crippen LogP contribution in [-0.4, -0.2) is 34.8 Å². The zero-order valence-electron chi connectivity index (χ0n) is 19.5. The van der Waals surface area contributed by atoms with Crippen LogP contribution in [0.2, 0.25) is 0 Å². The van der Waals surface area contributed by atoms with Crippen LogP contribution < -0.4 is 19.6 Å². The van der Waals surface area contributed by atoms with Gasteiger partial charge in [0, 0.05) is 15.6 Å². The molecule has 0 saturated carbocycles. The number of hydrazone groups is 1. The van der Waals surface area contributed by atoms with E-state index >= 15 is 0 Å². The number of nitrogens with zero attached hydrogens (tertiary/aromatic N) is 1. The number of halogens is 1. The summed E-state index contributed by atoms with van der Waals surface area (Å²) in [4.78, 5) is 12.8. The molecular weight excluding hydrogens is 581 g/mol. The molecular formula is C25H26IN3O5S. The lowest BCUT2D eigenvalue weighted by Crippen LogP contribution is -2.32. The number of carbonyl (C=O) groups excluding carboxylic acids is 1. The largest absolute Gasteiger partial charge is 0.493 e. The molecule has 0 aromatic heterocycles. The van der Waals surface area contributed by atoms with Crippen molar-refractivity contribution >= 4 is 44.7 Å². The highest BCUT2D eigenvalue weighted by atomic mass is 127. The first-order chi connectivity index (χ1) is 16.7. The number of amides is 1. The van der Waals surface area contributed by atoms with Gasteiger partial charge < -0.3 is 9.47 Å². The summed E-state index contributed by atoms with van der Waals surface area (Å²) in [6, 6.07) is 18.2. The summed E-state index contributed by atoms with van der Waals surface area (Å²) < 4.78 is 40.0. The molecule has 0 aliphatic heterocycles. The summed E-state index contributed by atoms with van der Waals surface area (Å²) in [5.41, 5.74) is 4.82. The average molecular weight is 607 g/mol. The standard InChI is InChI=1S/C25H26IN3O5S/c1-17-9-11-20(12-10-17)35(31,32)29-22(18-7-5-4-6-8-18)15-25(30)28-27-16-19-13-23(33-2)24(34-3)14-21(19)26/h4-14,16,22,29H,15H2,1-3H3,(H,28,30)/b27-16-/t22-/m0/s1. The van der Waals surface area contributed by atoms with E-state index in [1.54, 1.807) is 55.6 Å². The highest BCUT2D eigenvalue weighted by Crippen LogP contribution is 2.30. The van der Waals surface area contributed by atoms with Gasteiger partial charge in [0.1, 0.15) is 0 Å². The Bertz CT molecular complexity index is 1300. The SMILES string of the molecule is COc1cc(I)c(/C=N\NC(=O)C[C@H](NS(=O)(=O)c2ccc(C)cc2)c2ccccc2)cc1OC. The molecule has 10 heteroatoms. The van der Waals surface area contributed by atoms with Gasteiger partial charge in [-0.2, -0.15) is 5.10 Å². The fourth-order valence-corrected chi connectivity index (χ4v) is 5.06. The molecule has 2 N–H and O–H groups in total. The topological polar surface area (TPSA) is 106 Å². The van der Waals surface area contributed by atoms with Crippen molar-refractivity contribution in [3.8, 4) is 11.5 Å². The maximum Gasteiger partial charge on any atom is 0.242 e. The fraction of sp³-hybridized carbons (Fsp3) is 0.200. The van der Waals surface area contributed by atoms with E-state index in [0.717, 1.165) is 14.7 Å². The lowest BCUT2D eigenvalue weighted by Gasteiger charge is -2.18. The number of hydrogen-bond acceptors (Lipinski definition) is 6. The molecule has 0 bridgehead atoms. The zero-order valence-corrected chi connectivity index (χ0v) is 22.5. The van der Waals surface area contributed by atoms with Crippen molar-refractivity contribution in [2.24, 2.45) is 5.10 Å². The molecule has 3 aromatic rings. The molecule has 0 saturated heterocycles. The summed E-state index contributed by atoms with van der Waals surface area (Å²) in [5.74, 6) is 0.678. The summed E-state index contributed by atoms with van der Waals surface area (Å²) in [5, 5.41) is 4.04. The third kappa shape index (κ3) is 7.26. The first-order valence-electron chi connectivity index (χ1n) is 10.6. The van der Waals surface area contributed by atoms with E-state index in [9.17, 15) is 13.2 Å². The van der Waals surface area contributed by atoms with Gasteiger partial charge in [-0.3, -0.25) is 4.79 Å². The Morgan fingerprint density at radius 2 is 1.66 bits per heavy atom. The molecule has 1 amide bonds. The third-order valence-electron chi connectivity index (χ3n) is 5.12. The number of nitrogens with one attached hydrogen (secondary N) is 2. The van der Waals surface area contributed by atoms with Crippen LogP contribution in [0.15, 0.2) is 76.7 Å². The average Bonchev–Trinajstić information content (AvgIpc) is 2.85. The van der Waals surface area contributed by atoms with E-state index in [1.165, 1.54) is 25.5 Å². The number of benzene rings is 3. The van der Waals surface area contributed by atoms with E-state index in [1.807, 2.05) is 13.0 Å². The predicted octanol–water partition coefficient (Wildman–Crippen LogP) is 4.18. The number of hydrogen-bond donors (Lipinski definition) is 2. The molecule has 0 fully saturated rings. The predicted molar refractivity (Wildman–Crippen MR) is 143 cm³/mol. The quantitative estimate of drug-likeness (QED) is 0.205. The molecule has 35 heavy (non-hydrogen) atoms. The van der Waals surface area contributed by atoms with Crippen LogP contribution in [0, 0.1) is 10.5 Å². The van der Waals surface area contributed by atoms with Crippen LogP contribution in [0.25, 0.3) is 0 Å². The monoisotopic (exact) mass is 607 g/mol. The number of aryl methyl sites for hydroxylation is 1. The van der Waals surface area contributed by atoms with Gasteiger partial charge in [0.25, 0.3) is 0 Å².